The first-order chi connectivity index (χ1) is 16.0. The van der Waals surface area contributed by atoms with Gasteiger partial charge in [-0.1, -0.05) is 43.3 Å². The number of fused-ring (bicyclic) bond motifs is 2. The molecule has 33 heavy (non-hydrogen) atoms. The van der Waals surface area contributed by atoms with Crippen molar-refractivity contribution in [2.75, 3.05) is 6.61 Å². The molecule has 0 unspecified atom stereocenters. The number of rotatable bonds is 6. The van der Waals surface area contributed by atoms with Crippen molar-refractivity contribution < 1.29 is 14.3 Å². The van der Waals surface area contributed by atoms with Crippen LogP contribution in [0.3, 0.4) is 0 Å². The van der Waals surface area contributed by atoms with Crippen molar-refractivity contribution in [1.29, 1.82) is 0 Å². The Morgan fingerprint density at radius 3 is 2.55 bits per heavy atom. The minimum Gasteiger partial charge on any atom is -0.462 e. The quantitative estimate of drug-likeness (QED) is 0.336. The van der Waals surface area contributed by atoms with E-state index in [0.29, 0.717) is 17.7 Å². The molecule has 0 spiro atoms. The molecule has 1 amide bonds. The Bertz CT molecular complexity index is 1470. The third-order valence-electron chi connectivity index (χ3n) is 5.16. The molecule has 3 heterocycles. The van der Waals surface area contributed by atoms with E-state index in [1.807, 2.05) is 37.3 Å². The number of nitrogens with zero attached hydrogens (tertiary/aromatic N) is 4. The topological polar surface area (TPSA) is 95.0 Å². The van der Waals surface area contributed by atoms with E-state index < -0.39 is 5.97 Å². The smallest absolute Gasteiger partial charge is 0.341 e. The van der Waals surface area contributed by atoms with Gasteiger partial charge in [0.25, 0.3) is 5.56 Å². The van der Waals surface area contributed by atoms with E-state index in [0.717, 1.165) is 5.56 Å². The van der Waals surface area contributed by atoms with Gasteiger partial charge in [-0.05, 0) is 37.1 Å². The third-order valence-corrected chi connectivity index (χ3v) is 5.16. The fourth-order valence-electron chi connectivity index (χ4n) is 3.66. The number of amides is 1. The van der Waals surface area contributed by atoms with E-state index in [2.05, 4.69) is 4.99 Å². The van der Waals surface area contributed by atoms with Crippen molar-refractivity contribution in [2.24, 2.45) is 4.99 Å². The average molecular weight is 444 g/mol. The Morgan fingerprint density at radius 1 is 1.06 bits per heavy atom. The lowest BCUT2D eigenvalue weighted by Gasteiger charge is -2.15. The predicted octanol–water partition coefficient (Wildman–Crippen LogP) is 3.10. The summed E-state index contributed by atoms with van der Waals surface area (Å²) in [4.78, 5) is 47.7. The van der Waals surface area contributed by atoms with Crippen LogP contribution >= 0.6 is 0 Å². The Kier molecular flexibility index (Phi) is 6.44. The lowest BCUT2D eigenvalue weighted by atomic mass is 10.1. The highest BCUT2D eigenvalue weighted by Gasteiger charge is 2.20. The van der Waals surface area contributed by atoms with Gasteiger partial charge in [-0.25, -0.2) is 9.78 Å². The molecule has 0 radical (unpaired) electrons. The van der Waals surface area contributed by atoms with E-state index in [1.165, 1.54) is 10.5 Å². The fraction of sp³-hybridized carbons (Fsp3) is 0.240. The van der Waals surface area contributed by atoms with Crippen LogP contribution in [-0.4, -0.2) is 32.4 Å². The molecule has 1 aromatic carbocycles. The number of esters is 1. The van der Waals surface area contributed by atoms with Crippen LogP contribution in [0.2, 0.25) is 0 Å². The monoisotopic (exact) mass is 444 g/mol. The van der Waals surface area contributed by atoms with Crippen molar-refractivity contribution in [1.82, 2.24) is 14.0 Å². The SMILES string of the molecule is CCCC(=O)N=c1c(C(=O)OCC)cc2c(=O)n3ccccc3nc2n1Cc1ccccc1. The summed E-state index contributed by atoms with van der Waals surface area (Å²) in [5.41, 5.74) is 1.56. The molecule has 8 nitrogen and oxygen atoms in total. The minimum absolute atomic E-state index is 0.0551. The summed E-state index contributed by atoms with van der Waals surface area (Å²) in [6.07, 6.45) is 2.48. The second-order valence-corrected chi connectivity index (χ2v) is 7.51. The Labute approximate surface area is 189 Å². The summed E-state index contributed by atoms with van der Waals surface area (Å²) in [7, 11) is 0. The number of aromatic nitrogens is 3. The van der Waals surface area contributed by atoms with Crippen molar-refractivity contribution in [3.63, 3.8) is 0 Å². The van der Waals surface area contributed by atoms with Gasteiger partial charge in [-0.15, -0.1) is 0 Å². The number of benzene rings is 1. The number of hydrogen-bond acceptors (Lipinski definition) is 5. The standard InChI is InChI=1S/C25H24N4O4/c1-3-10-21(30)27-23-19(25(32)33-4-2)15-18-22(29(23)16-17-11-6-5-7-12-17)26-20-13-8-9-14-28(20)24(18)31/h5-9,11-15H,3-4,10,16H2,1-2H3. The van der Waals surface area contributed by atoms with Gasteiger partial charge >= 0.3 is 5.97 Å². The van der Waals surface area contributed by atoms with Crippen LogP contribution in [0.15, 0.2) is 70.6 Å². The largest absolute Gasteiger partial charge is 0.462 e. The Balaban J connectivity index is 2.15. The number of carbonyl (C=O) groups excluding carboxylic acids is 2. The fourth-order valence-corrected chi connectivity index (χ4v) is 3.66. The molecule has 0 N–H and O–H groups in total. The maximum atomic E-state index is 13.3. The molecule has 0 saturated carbocycles. The van der Waals surface area contributed by atoms with Crippen LogP contribution in [0.5, 0.6) is 0 Å². The van der Waals surface area contributed by atoms with Crippen LogP contribution in [0, 0.1) is 0 Å². The van der Waals surface area contributed by atoms with Gasteiger partial charge in [0.1, 0.15) is 16.9 Å². The van der Waals surface area contributed by atoms with Crippen molar-refractivity contribution >= 4 is 28.6 Å². The molecule has 4 aromatic rings. The summed E-state index contributed by atoms with van der Waals surface area (Å²) in [5.74, 6) is -1.01. The summed E-state index contributed by atoms with van der Waals surface area (Å²) in [6.45, 7) is 3.98. The van der Waals surface area contributed by atoms with E-state index in [9.17, 15) is 14.4 Å². The second-order valence-electron chi connectivity index (χ2n) is 7.51. The molecule has 0 atom stereocenters. The highest BCUT2D eigenvalue weighted by atomic mass is 16.5. The minimum atomic E-state index is -0.651. The normalized spacial score (nSPS) is 11.8. The first-order valence-electron chi connectivity index (χ1n) is 10.9. The first-order valence-corrected chi connectivity index (χ1v) is 10.9. The van der Waals surface area contributed by atoms with Gasteiger partial charge in [-0.3, -0.25) is 14.0 Å². The molecule has 0 bridgehead atoms. The lowest BCUT2D eigenvalue weighted by Crippen LogP contribution is -2.33. The van der Waals surface area contributed by atoms with Gasteiger partial charge in [0.15, 0.2) is 5.49 Å². The van der Waals surface area contributed by atoms with Gasteiger partial charge in [0, 0.05) is 12.6 Å². The van der Waals surface area contributed by atoms with E-state index in [1.54, 1.807) is 35.9 Å². The summed E-state index contributed by atoms with van der Waals surface area (Å²) >= 11 is 0. The molecular formula is C25H24N4O4. The van der Waals surface area contributed by atoms with Gasteiger partial charge < -0.3 is 9.30 Å². The molecule has 0 aliphatic carbocycles. The number of pyridine rings is 2. The van der Waals surface area contributed by atoms with Crippen LogP contribution in [0.4, 0.5) is 0 Å². The molecule has 3 aromatic heterocycles. The number of ether oxygens (including phenoxy) is 1. The van der Waals surface area contributed by atoms with Gasteiger partial charge in [-0.2, -0.15) is 4.99 Å². The van der Waals surface area contributed by atoms with Crippen molar-refractivity contribution in [3.8, 4) is 0 Å². The first kappa shape index (κ1) is 22.1. The number of carbonyl (C=O) groups is 2. The van der Waals surface area contributed by atoms with Crippen LogP contribution < -0.4 is 11.0 Å². The Hall–Kier alpha value is -4.07. The summed E-state index contributed by atoms with van der Waals surface area (Å²) in [5, 5.41) is 0.236. The van der Waals surface area contributed by atoms with Crippen molar-refractivity contribution in [3.05, 3.63) is 87.8 Å². The molecule has 0 aliphatic heterocycles. The van der Waals surface area contributed by atoms with Gasteiger partial charge in [0.2, 0.25) is 5.91 Å². The van der Waals surface area contributed by atoms with Crippen molar-refractivity contribution in [2.45, 2.75) is 33.2 Å². The molecule has 8 heteroatoms. The molecule has 4 rings (SSSR count). The summed E-state index contributed by atoms with van der Waals surface area (Å²) < 4.78 is 8.31. The maximum Gasteiger partial charge on any atom is 0.341 e. The van der Waals surface area contributed by atoms with Gasteiger partial charge in [0.05, 0.1) is 18.5 Å². The zero-order valence-corrected chi connectivity index (χ0v) is 18.5. The van der Waals surface area contributed by atoms with Crippen LogP contribution in [0.1, 0.15) is 42.6 Å². The average Bonchev–Trinajstić information content (AvgIpc) is 2.82. The zero-order valence-electron chi connectivity index (χ0n) is 18.5. The van der Waals surface area contributed by atoms with Crippen LogP contribution in [0.25, 0.3) is 16.7 Å². The van der Waals surface area contributed by atoms with Crippen LogP contribution in [-0.2, 0) is 16.1 Å². The molecule has 0 aliphatic rings. The predicted molar refractivity (Wildman–Crippen MR) is 124 cm³/mol. The Morgan fingerprint density at radius 2 is 1.82 bits per heavy atom. The van der Waals surface area contributed by atoms with E-state index >= 15 is 0 Å². The highest BCUT2D eigenvalue weighted by molar-refractivity contribution is 5.93. The molecule has 0 saturated heterocycles. The lowest BCUT2D eigenvalue weighted by molar-refractivity contribution is -0.118. The highest BCUT2D eigenvalue weighted by Crippen LogP contribution is 2.13. The molecule has 168 valence electrons. The number of hydrogen-bond donors (Lipinski definition) is 0. The van der Waals surface area contributed by atoms with E-state index in [4.69, 9.17) is 9.72 Å². The maximum absolute atomic E-state index is 13.3. The zero-order chi connectivity index (χ0) is 23.4. The second kappa shape index (κ2) is 9.60. The third kappa shape index (κ3) is 4.45. The van der Waals surface area contributed by atoms with E-state index in [-0.39, 0.29) is 47.5 Å². The molecule has 0 fully saturated rings. The molecular weight excluding hydrogens is 420 g/mol. The summed E-state index contributed by atoms with van der Waals surface area (Å²) in [6, 6.07) is 16.2.